The van der Waals surface area contributed by atoms with Gasteiger partial charge in [0, 0.05) is 44.9 Å². The van der Waals surface area contributed by atoms with Crippen LogP contribution in [0.1, 0.15) is 44.6 Å². The predicted octanol–water partition coefficient (Wildman–Crippen LogP) is 1.94. The number of amides is 1. The van der Waals surface area contributed by atoms with Crippen LogP contribution in [0.15, 0.2) is 23.3 Å². The molecule has 0 unspecified atom stereocenters. The molecule has 1 saturated heterocycles. The van der Waals surface area contributed by atoms with E-state index < -0.39 is 0 Å². The van der Waals surface area contributed by atoms with E-state index in [0.717, 1.165) is 63.4 Å². The number of carbonyl (C=O) groups excluding carboxylic acids is 1. The minimum Gasteiger partial charge on any atom is -0.481 e. The highest BCUT2D eigenvalue weighted by molar-refractivity contribution is 5.79. The highest BCUT2D eigenvalue weighted by Crippen LogP contribution is 2.11. The number of aromatic nitrogens is 1. The summed E-state index contributed by atoms with van der Waals surface area (Å²) in [6.45, 7) is 5.90. The number of guanidine groups is 1. The Morgan fingerprint density at radius 1 is 1.31 bits per heavy atom. The standard InChI is InChI=1S/C19H31N5O2/c1-3-20-19(23-15-16-9-10-17(26-2)22-14-16)21-11-7-13-24-12-6-4-5-8-18(24)25/h9-10,14H,3-8,11-13,15H2,1-2H3,(H2,20,21,23). The Labute approximate surface area is 156 Å². The molecule has 2 rings (SSSR count). The number of ether oxygens (including phenoxy) is 1. The van der Waals surface area contributed by atoms with Gasteiger partial charge in [-0.1, -0.05) is 12.5 Å². The van der Waals surface area contributed by atoms with E-state index in [1.54, 1.807) is 13.3 Å². The van der Waals surface area contributed by atoms with E-state index in [2.05, 4.69) is 20.6 Å². The number of carbonyl (C=O) groups is 1. The Morgan fingerprint density at radius 2 is 2.19 bits per heavy atom. The van der Waals surface area contributed by atoms with Gasteiger partial charge in [-0.2, -0.15) is 0 Å². The molecule has 0 bridgehead atoms. The Morgan fingerprint density at radius 3 is 2.92 bits per heavy atom. The van der Waals surface area contributed by atoms with Crippen molar-refractivity contribution >= 4 is 11.9 Å². The second-order valence-electron chi connectivity index (χ2n) is 6.38. The van der Waals surface area contributed by atoms with E-state index in [-0.39, 0.29) is 0 Å². The van der Waals surface area contributed by atoms with Crippen molar-refractivity contribution < 1.29 is 9.53 Å². The number of rotatable bonds is 8. The summed E-state index contributed by atoms with van der Waals surface area (Å²) in [6, 6.07) is 3.80. The van der Waals surface area contributed by atoms with Crippen molar-refractivity contribution in [2.45, 2.75) is 45.6 Å². The highest BCUT2D eigenvalue weighted by Gasteiger charge is 2.15. The van der Waals surface area contributed by atoms with Gasteiger partial charge in [-0.25, -0.2) is 9.98 Å². The zero-order valence-electron chi connectivity index (χ0n) is 16.0. The number of methoxy groups -OCH3 is 1. The second-order valence-corrected chi connectivity index (χ2v) is 6.38. The smallest absolute Gasteiger partial charge is 0.222 e. The monoisotopic (exact) mass is 361 g/mol. The van der Waals surface area contributed by atoms with Gasteiger partial charge in [0.2, 0.25) is 11.8 Å². The molecule has 1 aliphatic rings. The summed E-state index contributed by atoms with van der Waals surface area (Å²) >= 11 is 0. The van der Waals surface area contributed by atoms with Crippen molar-refractivity contribution in [2.75, 3.05) is 33.3 Å². The second kappa shape index (κ2) is 11.3. The molecule has 144 valence electrons. The fourth-order valence-corrected chi connectivity index (χ4v) is 2.89. The van der Waals surface area contributed by atoms with Gasteiger partial charge in [0.05, 0.1) is 13.7 Å². The van der Waals surface area contributed by atoms with Gasteiger partial charge in [0.1, 0.15) is 0 Å². The molecule has 0 saturated carbocycles. The van der Waals surface area contributed by atoms with Crippen LogP contribution in [0.3, 0.4) is 0 Å². The molecule has 2 heterocycles. The van der Waals surface area contributed by atoms with Crippen LogP contribution >= 0.6 is 0 Å². The maximum atomic E-state index is 12.0. The molecule has 7 nitrogen and oxygen atoms in total. The van der Waals surface area contributed by atoms with Gasteiger partial charge in [0.15, 0.2) is 5.96 Å². The largest absolute Gasteiger partial charge is 0.481 e. The lowest BCUT2D eigenvalue weighted by Crippen LogP contribution is -2.39. The summed E-state index contributed by atoms with van der Waals surface area (Å²) in [5.74, 6) is 1.69. The first kappa shape index (κ1) is 20.0. The van der Waals surface area contributed by atoms with Crippen LogP contribution in [0.25, 0.3) is 0 Å². The Kier molecular flexibility index (Phi) is 8.72. The molecule has 1 aliphatic heterocycles. The van der Waals surface area contributed by atoms with Crippen molar-refractivity contribution in [3.63, 3.8) is 0 Å². The van der Waals surface area contributed by atoms with Gasteiger partial charge in [-0.05, 0) is 31.7 Å². The predicted molar refractivity (Wildman–Crippen MR) is 103 cm³/mol. The van der Waals surface area contributed by atoms with E-state index in [1.807, 2.05) is 24.0 Å². The summed E-state index contributed by atoms with van der Waals surface area (Å²) in [5.41, 5.74) is 1.03. The van der Waals surface area contributed by atoms with Gasteiger partial charge >= 0.3 is 0 Å². The summed E-state index contributed by atoms with van der Waals surface area (Å²) < 4.78 is 5.06. The molecule has 26 heavy (non-hydrogen) atoms. The Bertz CT molecular complexity index is 574. The van der Waals surface area contributed by atoms with Crippen LogP contribution in [0.2, 0.25) is 0 Å². The Balaban J connectivity index is 1.76. The maximum absolute atomic E-state index is 12.0. The number of hydrogen-bond donors (Lipinski definition) is 2. The molecule has 0 radical (unpaired) electrons. The van der Waals surface area contributed by atoms with Crippen molar-refractivity contribution in [1.29, 1.82) is 0 Å². The molecule has 1 aromatic heterocycles. The van der Waals surface area contributed by atoms with Gasteiger partial charge in [-0.15, -0.1) is 0 Å². The third kappa shape index (κ3) is 6.90. The van der Waals surface area contributed by atoms with Crippen molar-refractivity contribution in [2.24, 2.45) is 4.99 Å². The molecule has 0 aliphatic carbocycles. The fraction of sp³-hybridized carbons (Fsp3) is 0.632. The first-order valence-corrected chi connectivity index (χ1v) is 9.51. The zero-order chi connectivity index (χ0) is 18.6. The fourth-order valence-electron chi connectivity index (χ4n) is 2.89. The van der Waals surface area contributed by atoms with Crippen LogP contribution in [-0.4, -0.2) is 55.0 Å². The molecule has 0 spiro atoms. The summed E-state index contributed by atoms with van der Waals surface area (Å²) in [7, 11) is 1.60. The van der Waals surface area contributed by atoms with Crippen LogP contribution in [0.5, 0.6) is 5.88 Å². The van der Waals surface area contributed by atoms with Crippen molar-refractivity contribution in [3.8, 4) is 5.88 Å². The molecule has 7 heteroatoms. The third-order valence-electron chi connectivity index (χ3n) is 4.34. The first-order chi connectivity index (χ1) is 12.7. The molecular formula is C19H31N5O2. The zero-order valence-corrected chi connectivity index (χ0v) is 16.0. The van der Waals surface area contributed by atoms with E-state index >= 15 is 0 Å². The van der Waals surface area contributed by atoms with Crippen LogP contribution in [0.4, 0.5) is 0 Å². The molecule has 1 fully saturated rings. The first-order valence-electron chi connectivity index (χ1n) is 9.51. The SMILES string of the molecule is CCNC(=NCc1ccc(OC)nc1)NCCCN1CCCCCC1=O. The Hall–Kier alpha value is -2.31. The maximum Gasteiger partial charge on any atom is 0.222 e. The molecule has 0 aromatic carbocycles. The van der Waals surface area contributed by atoms with E-state index in [4.69, 9.17) is 4.74 Å². The lowest BCUT2D eigenvalue weighted by atomic mass is 10.2. The molecule has 2 N–H and O–H groups in total. The number of nitrogens with zero attached hydrogens (tertiary/aromatic N) is 3. The van der Waals surface area contributed by atoms with Crippen LogP contribution in [-0.2, 0) is 11.3 Å². The number of likely N-dealkylation sites (tertiary alicyclic amines) is 1. The van der Waals surface area contributed by atoms with Gasteiger partial charge in [-0.3, -0.25) is 4.79 Å². The van der Waals surface area contributed by atoms with Gasteiger partial charge in [0.25, 0.3) is 0 Å². The molecule has 1 aromatic rings. The van der Waals surface area contributed by atoms with Crippen LogP contribution in [0, 0.1) is 0 Å². The summed E-state index contributed by atoms with van der Waals surface area (Å²) in [5, 5.41) is 6.59. The normalized spacial score (nSPS) is 15.5. The van der Waals surface area contributed by atoms with E-state index in [0.29, 0.717) is 24.8 Å². The number of aliphatic imine (C=N–C) groups is 1. The summed E-state index contributed by atoms with van der Waals surface area (Å²) in [4.78, 5) is 22.8. The highest BCUT2D eigenvalue weighted by atomic mass is 16.5. The quantitative estimate of drug-likeness (QED) is 0.420. The number of hydrogen-bond acceptors (Lipinski definition) is 4. The number of nitrogens with one attached hydrogen (secondary N) is 2. The average molecular weight is 361 g/mol. The minimum atomic E-state index is 0.301. The lowest BCUT2D eigenvalue weighted by Gasteiger charge is -2.20. The summed E-state index contributed by atoms with van der Waals surface area (Å²) in [6.07, 6.45) is 6.71. The minimum absolute atomic E-state index is 0.301. The van der Waals surface area contributed by atoms with E-state index in [9.17, 15) is 4.79 Å². The molecule has 1 amide bonds. The third-order valence-corrected chi connectivity index (χ3v) is 4.34. The number of pyridine rings is 1. The van der Waals surface area contributed by atoms with E-state index in [1.165, 1.54) is 0 Å². The molecular weight excluding hydrogens is 330 g/mol. The lowest BCUT2D eigenvalue weighted by molar-refractivity contribution is -0.130. The average Bonchev–Trinajstić information content (AvgIpc) is 2.87. The topological polar surface area (TPSA) is 78.9 Å². The van der Waals surface area contributed by atoms with Gasteiger partial charge < -0.3 is 20.3 Å². The molecule has 0 atom stereocenters. The van der Waals surface area contributed by atoms with Crippen molar-refractivity contribution in [1.82, 2.24) is 20.5 Å². The van der Waals surface area contributed by atoms with Crippen molar-refractivity contribution in [3.05, 3.63) is 23.9 Å². The van der Waals surface area contributed by atoms with Crippen LogP contribution < -0.4 is 15.4 Å².